The Kier molecular flexibility index (Phi) is 7.91. The van der Waals surface area contributed by atoms with Gasteiger partial charge < -0.3 is 28.8 Å². The molecule has 9 nitrogen and oxygen atoms in total. The van der Waals surface area contributed by atoms with Crippen molar-refractivity contribution in [2.45, 2.75) is 58.1 Å². The molecule has 154 valence electrons. The van der Waals surface area contributed by atoms with E-state index in [1.807, 2.05) is 30.3 Å². The molecule has 0 aliphatic carbocycles. The van der Waals surface area contributed by atoms with Crippen molar-refractivity contribution in [3.63, 3.8) is 0 Å². The fraction of sp³-hybridized carbons (Fsp3) is 0.526. The van der Waals surface area contributed by atoms with Crippen LogP contribution in [0.15, 0.2) is 30.3 Å². The lowest BCUT2D eigenvalue weighted by molar-refractivity contribution is -0.301. The second kappa shape index (κ2) is 10.2. The molecule has 0 bridgehead atoms. The minimum Gasteiger partial charge on any atom is -0.463 e. The molecule has 5 atom stereocenters. The van der Waals surface area contributed by atoms with Crippen LogP contribution in [-0.4, -0.2) is 60.3 Å². The Balaban J connectivity index is 2.26. The van der Waals surface area contributed by atoms with E-state index in [9.17, 15) is 19.5 Å². The van der Waals surface area contributed by atoms with Crippen LogP contribution in [0.3, 0.4) is 0 Å². The minimum atomic E-state index is -1.59. The quantitative estimate of drug-likeness (QED) is 0.525. The van der Waals surface area contributed by atoms with Gasteiger partial charge in [-0.2, -0.15) is 0 Å². The van der Waals surface area contributed by atoms with Crippen molar-refractivity contribution in [3.8, 4) is 0 Å². The van der Waals surface area contributed by atoms with Gasteiger partial charge in [0.25, 0.3) is 0 Å². The zero-order valence-corrected chi connectivity index (χ0v) is 15.9. The van der Waals surface area contributed by atoms with Gasteiger partial charge in [-0.3, -0.25) is 14.4 Å². The Hall–Kier alpha value is -2.49. The number of aliphatic hydroxyl groups excluding tert-OH is 1. The molecule has 1 fully saturated rings. The summed E-state index contributed by atoms with van der Waals surface area (Å²) in [6.07, 6.45) is -5.95. The van der Waals surface area contributed by atoms with Crippen molar-refractivity contribution in [1.29, 1.82) is 0 Å². The molecular formula is C19H24O9. The van der Waals surface area contributed by atoms with Crippen molar-refractivity contribution in [3.05, 3.63) is 35.9 Å². The third-order valence-electron chi connectivity index (χ3n) is 3.95. The van der Waals surface area contributed by atoms with Gasteiger partial charge in [-0.05, 0) is 5.56 Å². The topological polar surface area (TPSA) is 118 Å². The van der Waals surface area contributed by atoms with Crippen LogP contribution >= 0.6 is 0 Å². The number of esters is 3. The van der Waals surface area contributed by atoms with Gasteiger partial charge in [0.1, 0.15) is 18.8 Å². The smallest absolute Gasteiger partial charge is 0.303 e. The molecule has 9 heteroatoms. The Morgan fingerprint density at radius 2 is 1.54 bits per heavy atom. The molecule has 1 N–H and O–H groups in total. The molecule has 0 radical (unpaired) electrons. The summed E-state index contributed by atoms with van der Waals surface area (Å²) in [5.74, 6) is -1.90. The van der Waals surface area contributed by atoms with Gasteiger partial charge in [0.15, 0.2) is 18.5 Å². The van der Waals surface area contributed by atoms with Gasteiger partial charge >= 0.3 is 17.9 Å². The van der Waals surface area contributed by atoms with E-state index in [1.165, 1.54) is 13.8 Å². The van der Waals surface area contributed by atoms with Crippen LogP contribution < -0.4 is 0 Å². The number of carbonyl (C=O) groups excluding carboxylic acids is 3. The Morgan fingerprint density at radius 1 is 0.929 bits per heavy atom. The van der Waals surface area contributed by atoms with Crippen molar-refractivity contribution in [2.75, 3.05) is 6.61 Å². The summed E-state index contributed by atoms with van der Waals surface area (Å²) in [4.78, 5) is 34.2. The average molecular weight is 396 g/mol. The van der Waals surface area contributed by atoms with Gasteiger partial charge in [-0.25, -0.2) is 0 Å². The summed E-state index contributed by atoms with van der Waals surface area (Å²) in [5.41, 5.74) is 0.838. The molecule has 1 aromatic rings. The van der Waals surface area contributed by atoms with Crippen molar-refractivity contribution >= 4 is 17.9 Å². The van der Waals surface area contributed by atoms with Crippen LogP contribution in [0.2, 0.25) is 0 Å². The summed E-state index contributed by atoms with van der Waals surface area (Å²) >= 11 is 0. The molecule has 0 amide bonds. The largest absolute Gasteiger partial charge is 0.463 e. The molecular weight excluding hydrogens is 372 g/mol. The van der Waals surface area contributed by atoms with E-state index in [0.717, 1.165) is 12.5 Å². The van der Waals surface area contributed by atoms with Gasteiger partial charge in [0.2, 0.25) is 0 Å². The lowest BCUT2D eigenvalue weighted by Crippen LogP contribution is -2.62. The second-order valence-corrected chi connectivity index (χ2v) is 6.28. The first-order chi connectivity index (χ1) is 13.3. The van der Waals surface area contributed by atoms with Crippen LogP contribution in [0.5, 0.6) is 0 Å². The molecule has 1 aliphatic rings. The zero-order valence-electron chi connectivity index (χ0n) is 15.9. The Morgan fingerprint density at radius 3 is 2.11 bits per heavy atom. The molecule has 0 saturated carbocycles. The van der Waals surface area contributed by atoms with Crippen molar-refractivity contribution < 1.29 is 43.2 Å². The molecule has 1 aromatic carbocycles. The number of aliphatic hydroxyl groups is 1. The molecule has 2 rings (SSSR count). The Labute approximate surface area is 162 Å². The SMILES string of the molecule is CC(=O)OC[C@H]1O[C@H](O)[C@H](OC(C)=O)[C@@H](OC(C)=O)[C@@H]1OCc1ccccc1. The maximum atomic E-state index is 11.6. The Bertz CT molecular complexity index is 675. The van der Waals surface area contributed by atoms with Gasteiger partial charge in [0.05, 0.1) is 6.61 Å². The summed E-state index contributed by atoms with van der Waals surface area (Å²) < 4.78 is 26.7. The predicted octanol–water partition coefficient (Wildman–Crippen LogP) is 0.716. The monoisotopic (exact) mass is 396 g/mol. The second-order valence-electron chi connectivity index (χ2n) is 6.28. The highest BCUT2D eigenvalue weighted by Crippen LogP contribution is 2.28. The predicted molar refractivity (Wildman–Crippen MR) is 93.6 cm³/mol. The van der Waals surface area contributed by atoms with Gasteiger partial charge in [-0.1, -0.05) is 30.3 Å². The van der Waals surface area contributed by atoms with Crippen LogP contribution in [0.4, 0.5) is 0 Å². The molecule has 28 heavy (non-hydrogen) atoms. The molecule has 0 aromatic heterocycles. The van der Waals surface area contributed by atoms with Crippen molar-refractivity contribution in [1.82, 2.24) is 0 Å². The summed E-state index contributed by atoms with van der Waals surface area (Å²) in [5, 5.41) is 10.3. The first-order valence-corrected chi connectivity index (χ1v) is 8.74. The molecule has 1 saturated heterocycles. The number of hydrogen-bond donors (Lipinski definition) is 1. The highest BCUT2D eigenvalue weighted by atomic mass is 16.7. The van der Waals surface area contributed by atoms with Crippen LogP contribution in [0.25, 0.3) is 0 Å². The van der Waals surface area contributed by atoms with Crippen molar-refractivity contribution in [2.24, 2.45) is 0 Å². The van der Waals surface area contributed by atoms with Gasteiger partial charge in [-0.15, -0.1) is 0 Å². The van der Waals surface area contributed by atoms with E-state index in [1.54, 1.807) is 0 Å². The minimum absolute atomic E-state index is 0.131. The van der Waals surface area contributed by atoms with E-state index in [4.69, 9.17) is 23.7 Å². The standard InChI is InChI=1S/C19H24O9/c1-11(20)24-10-15-16(25-9-14-7-5-4-6-8-14)17(26-12(2)21)18(19(23)28-15)27-13(3)22/h4-8,15-19,23H,9-10H2,1-3H3/t15-,16-,17+,18-,19+/m1/s1. The number of benzene rings is 1. The van der Waals surface area contributed by atoms with E-state index in [-0.39, 0.29) is 13.2 Å². The van der Waals surface area contributed by atoms with E-state index >= 15 is 0 Å². The summed E-state index contributed by atoms with van der Waals surface area (Å²) in [6, 6.07) is 9.20. The number of rotatable bonds is 7. The van der Waals surface area contributed by atoms with Crippen LogP contribution in [0.1, 0.15) is 26.3 Å². The lowest BCUT2D eigenvalue weighted by Gasteiger charge is -2.43. The zero-order chi connectivity index (χ0) is 20.7. The maximum absolute atomic E-state index is 11.6. The first kappa shape index (κ1) is 21.8. The van der Waals surface area contributed by atoms with E-state index in [0.29, 0.717) is 0 Å². The van der Waals surface area contributed by atoms with Crippen LogP contribution in [-0.2, 0) is 44.7 Å². The fourth-order valence-electron chi connectivity index (χ4n) is 2.84. The van der Waals surface area contributed by atoms with Gasteiger partial charge in [0, 0.05) is 20.8 Å². The normalized spacial score (nSPS) is 26.9. The highest BCUT2D eigenvalue weighted by Gasteiger charge is 2.50. The molecule has 1 heterocycles. The average Bonchev–Trinajstić information content (AvgIpc) is 2.62. The third-order valence-corrected chi connectivity index (χ3v) is 3.95. The maximum Gasteiger partial charge on any atom is 0.303 e. The summed E-state index contributed by atoms with van der Waals surface area (Å²) in [6.45, 7) is 3.46. The fourth-order valence-corrected chi connectivity index (χ4v) is 2.84. The molecule has 1 aliphatic heterocycles. The molecule has 0 unspecified atom stereocenters. The highest BCUT2D eigenvalue weighted by molar-refractivity contribution is 5.67. The first-order valence-electron chi connectivity index (χ1n) is 8.74. The number of ether oxygens (including phenoxy) is 5. The van der Waals surface area contributed by atoms with E-state index in [2.05, 4.69) is 0 Å². The lowest BCUT2D eigenvalue weighted by atomic mass is 9.98. The van der Waals surface area contributed by atoms with Crippen LogP contribution in [0, 0.1) is 0 Å². The van der Waals surface area contributed by atoms with E-state index < -0.39 is 48.6 Å². The summed E-state index contributed by atoms with van der Waals surface area (Å²) in [7, 11) is 0. The number of carbonyl (C=O) groups is 3. The third kappa shape index (κ3) is 6.29. The molecule has 0 spiro atoms. The number of hydrogen-bond acceptors (Lipinski definition) is 9.